The van der Waals surface area contributed by atoms with Crippen LogP contribution in [0.15, 0.2) is 28.0 Å². The molecule has 0 aliphatic rings. The van der Waals surface area contributed by atoms with E-state index in [0.717, 1.165) is 18.1 Å². The monoisotopic (exact) mass is 308 g/mol. The standard InChI is InChI=1S/C14H20N4O2S/c1-4-10(3)15-12(19)9-21-14-17-16-13(18(14)5-2)11-7-6-8-20-11/h6-8,10H,4-5,9H2,1-3H3,(H,15,19). The van der Waals surface area contributed by atoms with Crippen LogP contribution in [0.1, 0.15) is 27.2 Å². The first-order chi connectivity index (χ1) is 10.2. The number of amides is 1. The lowest BCUT2D eigenvalue weighted by Gasteiger charge is -2.11. The van der Waals surface area contributed by atoms with E-state index in [1.165, 1.54) is 11.8 Å². The van der Waals surface area contributed by atoms with E-state index < -0.39 is 0 Å². The fraction of sp³-hybridized carbons (Fsp3) is 0.500. The molecule has 2 rings (SSSR count). The lowest BCUT2D eigenvalue weighted by Crippen LogP contribution is -2.33. The summed E-state index contributed by atoms with van der Waals surface area (Å²) in [4.78, 5) is 11.8. The SMILES string of the molecule is CCC(C)NC(=O)CSc1nnc(-c2ccco2)n1CC. The Hall–Kier alpha value is -1.76. The van der Waals surface area contributed by atoms with Crippen molar-refractivity contribution in [1.82, 2.24) is 20.1 Å². The minimum Gasteiger partial charge on any atom is -0.461 e. The molecule has 0 saturated heterocycles. The smallest absolute Gasteiger partial charge is 0.230 e. The molecule has 0 aliphatic heterocycles. The summed E-state index contributed by atoms with van der Waals surface area (Å²) in [5.74, 6) is 1.72. The zero-order valence-corrected chi connectivity index (χ0v) is 13.3. The van der Waals surface area contributed by atoms with Gasteiger partial charge in [0.1, 0.15) is 0 Å². The molecule has 0 radical (unpaired) electrons. The normalized spacial score (nSPS) is 12.3. The second-order valence-electron chi connectivity index (χ2n) is 4.69. The van der Waals surface area contributed by atoms with Crippen molar-refractivity contribution in [2.75, 3.05) is 5.75 Å². The van der Waals surface area contributed by atoms with Gasteiger partial charge < -0.3 is 9.73 Å². The van der Waals surface area contributed by atoms with E-state index >= 15 is 0 Å². The summed E-state index contributed by atoms with van der Waals surface area (Å²) in [6.07, 6.45) is 2.53. The first-order valence-corrected chi connectivity index (χ1v) is 8.03. The summed E-state index contributed by atoms with van der Waals surface area (Å²) in [5, 5.41) is 12.0. The Morgan fingerprint density at radius 1 is 1.48 bits per heavy atom. The maximum atomic E-state index is 11.8. The van der Waals surface area contributed by atoms with Crippen LogP contribution < -0.4 is 5.32 Å². The van der Waals surface area contributed by atoms with Crippen LogP contribution in [0.4, 0.5) is 0 Å². The number of thioether (sulfide) groups is 1. The lowest BCUT2D eigenvalue weighted by atomic mass is 10.3. The van der Waals surface area contributed by atoms with Crippen LogP contribution >= 0.6 is 11.8 Å². The third-order valence-electron chi connectivity index (χ3n) is 3.13. The van der Waals surface area contributed by atoms with Crippen molar-refractivity contribution >= 4 is 17.7 Å². The number of hydrogen-bond donors (Lipinski definition) is 1. The van der Waals surface area contributed by atoms with Crippen molar-refractivity contribution in [2.45, 2.75) is 44.9 Å². The molecule has 0 spiro atoms. The molecule has 2 heterocycles. The van der Waals surface area contributed by atoms with Gasteiger partial charge in [-0.1, -0.05) is 18.7 Å². The van der Waals surface area contributed by atoms with E-state index in [-0.39, 0.29) is 11.9 Å². The Bertz CT molecular complexity index is 580. The Morgan fingerprint density at radius 2 is 2.29 bits per heavy atom. The van der Waals surface area contributed by atoms with Gasteiger partial charge in [0, 0.05) is 12.6 Å². The minimum atomic E-state index is 0.0135. The van der Waals surface area contributed by atoms with Gasteiger partial charge in [-0.05, 0) is 32.4 Å². The third kappa shape index (κ3) is 3.87. The van der Waals surface area contributed by atoms with Crippen LogP contribution in [-0.4, -0.2) is 32.5 Å². The summed E-state index contributed by atoms with van der Waals surface area (Å²) >= 11 is 1.39. The Labute approximate surface area is 128 Å². The molecule has 7 heteroatoms. The van der Waals surface area contributed by atoms with E-state index in [1.54, 1.807) is 6.26 Å². The van der Waals surface area contributed by atoms with E-state index in [4.69, 9.17) is 4.42 Å². The number of rotatable bonds is 7. The molecule has 1 amide bonds. The van der Waals surface area contributed by atoms with Crippen LogP contribution in [0.3, 0.4) is 0 Å². The van der Waals surface area contributed by atoms with Gasteiger partial charge >= 0.3 is 0 Å². The lowest BCUT2D eigenvalue weighted by molar-refractivity contribution is -0.119. The predicted octanol–water partition coefficient (Wildman–Crippen LogP) is 2.56. The van der Waals surface area contributed by atoms with Crippen molar-refractivity contribution in [1.29, 1.82) is 0 Å². The van der Waals surface area contributed by atoms with Gasteiger partial charge in [0.15, 0.2) is 16.7 Å². The average molecular weight is 308 g/mol. The molecule has 1 N–H and O–H groups in total. The fourth-order valence-electron chi connectivity index (χ4n) is 1.82. The Kier molecular flexibility index (Phi) is 5.44. The van der Waals surface area contributed by atoms with Crippen molar-refractivity contribution in [3.63, 3.8) is 0 Å². The molecule has 2 aromatic heterocycles. The summed E-state index contributed by atoms with van der Waals surface area (Å²) < 4.78 is 7.30. The molecular formula is C14H20N4O2S. The molecule has 0 aliphatic carbocycles. The van der Waals surface area contributed by atoms with E-state index in [9.17, 15) is 4.79 Å². The molecule has 1 atom stereocenters. The molecule has 21 heavy (non-hydrogen) atoms. The maximum absolute atomic E-state index is 11.8. The number of nitrogens with zero attached hydrogens (tertiary/aromatic N) is 3. The van der Waals surface area contributed by atoms with Gasteiger partial charge in [0.05, 0.1) is 12.0 Å². The first-order valence-electron chi connectivity index (χ1n) is 7.04. The molecule has 1 unspecified atom stereocenters. The predicted molar refractivity (Wildman–Crippen MR) is 82.0 cm³/mol. The van der Waals surface area contributed by atoms with Crippen LogP contribution in [-0.2, 0) is 11.3 Å². The average Bonchev–Trinajstić information content (AvgIpc) is 3.13. The van der Waals surface area contributed by atoms with Gasteiger partial charge in [-0.2, -0.15) is 0 Å². The highest BCUT2D eigenvalue weighted by molar-refractivity contribution is 7.99. The quantitative estimate of drug-likeness (QED) is 0.796. The van der Waals surface area contributed by atoms with E-state index in [0.29, 0.717) is 17.3 Å². The zero-order valence-electron chi connectivity index (χ0n) is 12.5. The van der Waals surface area contributed by atoms with Gasteiger partial charge in [0.2, 0.25) is 5.91 Å². The van der Waals surface area contributed by atoms with Gasteiger partial charge in [-0.15, -0.1) is 10.2 Å². The van der Waals surface area contributed by atoms with Crippen LogP contribution in [0, 0.1) is 0 Å². The maximum Gasteiger partial charge on any atom is 0.230 e. The highest BCUT2D eigenvalue weighted by atomic mass is 32.2. The van der Waals surface area contributed by atoms with Crippen LogP contribution in [0.25, 0.3) is 11.6 Å². The molecule has 0 saturated carbocycles. The van der Waals surface area contributed by atoms with Crippen molar-refractivity contribution in [3.05, 3.63) is 18.4 Å². The second kappa shape index (κ2) is 7.31. The van der Waals surface area contributed by atoms with Crippen molar-refractivity contribution in [3.8, 4) is 11.6 Å². The van der Waals surface area contributed by atoms with Crippen molar-refractivity contribution < 1.29 is 9.21 Å². The number of aromatic nitrogens is 3. The number of carbonyl (C=O) groups excluding carboxylic acids is 1. The number of carbonyl (C=O) groups is 1. The molecule has 0 bridgehead atoms. The van der Waals surface area contributed by atoms with Crippen LogP contribution in [0.5, 0.6) is 0 Å². The molecule has 114 valence electrons. The molecule has 0 fully saturated rings. The number of furan rings is 1. The Balaban J connectivity index is 2.03. The zero-order chi connectivity index (χ0) is 15.2. The van der Waals surface area contributed by atoms with E-state index in [2.05, 4.69) is 15.5 Å². The molecule has 0 aromatic carbocycles. The summed E-state index contributed by atoms with van der Waals surface area (Å²) in [5.41, 5.74) is 0. The van der Waals surface area contributed by atoms with Gasteiger partial charge in [-0.3, -0.25) is 9.36 Å². The largest absolute Gasteiger partial charge is 0.461 e. The summed E-state index contributed by atoms with van der Waals surface area (Å²) in [6.45, 7) is 6.77. The first kappa shape index (κ1) is 15.6. The third-order valence-corrected chi connectivity index (χ3v) is 4.09. The highest BCUT2D eigenvalue weighted by Crippen LogP contribution is 2.24. The van der Waals surface area contributed by atoms with Gasteiger partial charge in [-0.25, -0.2) is 0 Å². The number of nitrogens with one attached hydrogen (secondary N) is 1. The molecule has 6 nitrogen and oxygen atoms in total. The van der Waals surface area contributed by atoms with Crippen molar-refractivity contribution in [2.24, 2.45) is 0 Å². The molecular weight excluding hydrogens is 288 g/mol. The highest BCUT2D eigenvalue weighted by Gasteiger charge is 2.16. The summed E-state index contributed by atoms with van der Waals surface area (Å²) in [6, 6.07) is 3.86. The van der Waals surface area contributed by atoms with Crippen LogP contribution in [0.2, 0.25) is 0 Å². The topological polar surface area (TPSA) is 73.0 Å². The Morgan fingerprint density at radius 3 is 2.90 bits per heavy atom. The fourth-order valence-corrected chi connectivity index (χ4v) is 2.63. The summed E-state index contributed by atoms with van der Waals surface area (Å²) in [7, 11) is 0. The minimum absolute atomic E-state index is 0.0135. The number of hydrogen-bond acceptors (Lipinski definition) is 5. The van der Waals surface area contributed by atoms with E-state index in [1.807, 2.05) is 37.5 Å². The van der Waals surface area contributed by atoms with Gasteiger partial charge in [0.25, 0.3) is 0 Å². The molecule has 2 aromatic rings. The second-order valence-corrected chi connectivity index (χ2v) is 5.64.